The van der Waals surface area contributed by atoms with Crippen LogP contribution in [0.4, 0.5) is 8.78 Å². The lowest BCUT2D eigenvalue weighted by molar-refractivity contribution is 0.0517. The van der Waals surface area contributed by atoms with Crippen molar-refractivity contribution in [1.82, 2.24) is 0 Å². The molecule has 0 aliphatic heterocycles. The highest BCUT2D eigenvalue weighted by atomic mass is 19.2. The van der Waals surface area contributed by atoms with Crippen LogP contribution in [0.3, 0.4) is 0 Å². The average Bonchev–Trinajstić information content (AvgIpc) is 2.69. The predicted octanol–water partition coefficient (Wildman–Crippen LogP) is 3.04. The van der Waals surface area contributed by atoms with Gasteiger partial charge in [-0.25, -0.2) is 8.78 Å². The fraction of sp³-hybridized carbons (Fsp3) is 0.250. The standard InChI is InChI=1S/C16H14F2O/c17-14-6-5-11(7-15(14)18)8-16(19)9-12-3-1-2-4-13(12)10-16/h1-7,19H,8-10H2. The Labute approximate surface area is 110 Å². The highest BCUT2D eigenvalue weighted by Gasteiger charge is 2.35. The summed E-state index contributed by atoms with van der Waals surface area (Å²) in [5, 5.41) is 10.6. The molecule has 0 heterocycles. The molecule has 1 nitrogen and oxygen atoms in total. The van der Waals surface area contributed by atoms with Crippen LogP contribution in [-0.2, 0) is 19.3 Å². The van der Waals surface area contributed by atoms with Crippen molar-refractivity contribution in [3.8, 4) is 0 Å². The normalized spacial score (nSPS) is 16.4. The van der Waals surface area contributed by atoms with Gasteiger partial charge >= 0.3 is 0 Å². The third-order valence-corrected chi connectivity index (χ3v) is 3.67. The molecule has 1 N–H and O–H groups in total. The second-order valence-electron chi connectivity index (χ2n) is 5.27. The summed E-state index contributed by atoms with van der Waals surface area (Å²) in [5.41, 5.74) is 1.99. The topological polar surface area (TPSA) is 20.2 Å². The van der Waals surface area contributed by atoms with Crippen LogP contribution in [-0.4, -0.2) is 10.7 Å². The molecule has 0 spiro atoms. The molecular weight excluding hydrogens is 246 g/mol. The third kappa shape index (κ3) is 2.38. The molecule has 0 bridgehead atoms. The highest BCUT2D eigenvalue weighted by molar-refractivity contribution is 5.36. The van der Waals surface area contributed by atoms with E-state index in [0.29, 0.717) is 24.8 Å². The average molecular weight is 260 g/mol. The van der Waals surface area contributed by atoms with Crippen LogP contribution in [0.1, 0.15) is 16.7 Å². The van der Waals surface area contributed by atoms with E-state index in [0.717, 1.165) is 23.3 Å². The monoisotopic (exact) mass is 260 g/mol. The van der Waals surface area contributed by atoms with Crippen LogP contribution in [0.25, 0.3) is 0 Å². The molecule has 0 amide bonds. The van der Waals surface area contributed by atoms with Gasteiger partial charge in [0, 0.05) is 19.3 Å². The van der Waals surface area contributed by atoms with Gasteiger partial charge in [-0.2, -0.15) is 0 Å². The van der Waals surface area contributed by atoms with E-state index in [1.54, 1.807) is 0 Å². The first-order chi connectivity index (χ1) is 9.06. The number of hydrogen-bond acceptors (Lipinski definition) is 1. The van der Waals surface area contributed by atoms with Crippen molar-refractivity contribution in [2.75, 3.05) is 0 Å². The van der Waals surface area contributed by atoms with Crippen LogP contribution in [0.5, 0.6) is 0 Å². The Morgan fingerprint density at radius 1 is 0.947 bits per heavy atom. The Kier molecular flexibility index (Phi) is 2.86. The molecule has 0 radical (unpaired) electrons. The molecule has 1 aliphatic carbocycles. The minimum Gasteiger partial charge on any atom is -0.389 e. The van der Waals surface area contributed by atoms with Crippen molar-refractivity contribution in [1.29, 1.82) is 0 Å². The maximum absolute atomic E-state index is 13.2. The van der Waals surface area contributed by atoms with Gasteiger partial charge in [-0.05, 0) is 28.8 Å². The fourth-order valence-electron chi connectivity index (χ4n) is 2.83. The summed E-state index contributed by atoms with van der Waals surface area (Å²) < 4.78 is 26.1. The van der Waals surface area contributed by atoms with E-state index in [-0.39, 0.29) is 0 Å². The van der Waals surface area contributed by atoms with Crippen molar-refractivity contribution in [2.24, 2.45) is 0 Å². The van der Waals surface area contributed by atoms with E-state index in [9.17, 15) is 13.9 Å². The second kappa shape index (κ2) is 4.42. The van der Waals surface area contributed by atoms with Crippen molar-refractivity contribution in [2.45, 2.75) is 24.9 Å². The molecule has 3 heteroatoms. The van der Waals surface area contributed by atoms with Crippen LogP contribution in [0.2, 0.25) is 0 Å². The number of hydrogen-bond donors (Lipinski definition) is 1. The van der Waals surface area contributed by atoms with Gasteiger partial charge in [-0.15, -0.1) is 0 Å². The zero-order valence-corrected chi connectivity index (χ0v) is 10.4. The highest BCUT2D eigenvalue weighted by Crippen LogP contribution is 2.32. The minimum absolute atomic E-state index is 0.332. The predicted molar refractivity (Wildman–Crippen MR) is 68.9 cm³/mol. The van der Waals surface area contributed by atoms with Crippen molar-refractivity contribution in [3.05, 3.63) is 70.8 Å². The fourth-order valence-corrected chi connectivity index (χ4v) is 2.83. The van der Waals surface area contributed by atoms with Gasteiger partial charge in [-0.1, -0.05) is 30.3 Å². The molecule has 1 aliphatic rings. The lowest BCUT2D eigenvalue weighted by Gasteiger charge is -2.22. The maximum atomic E-state index is 13.2. The lowest BCUT2D eigenvalue weighted by atomic mass is 9.91. The molecule has 3 rings (SSSR count). The Bertz CT molecular complexity index is 597. The van der Waals surface area contributed by atoms with Gasteiger partial charge in [0.15, 0.2) is 11.6 Å². The van der Waals surface area contributed by atoms with Gasteiger partial charge < -0.3 is 5.11 Å². The molecule has 0 unspecified atom stereocenters. The van der Waals surface area contributed by atoms with Crippen molar-refractivity contribution < 1.29 is 13.9 Å². The summed E-state index contributed by atoms with van der Waals surface area (Å²) in [5.74, 6) is -1.72. The summed E-state index contributed by atoms with van der Waals surface area (Å²) in [7, 11) is 0. The van der Waals surface area contributed by atoms with Crippen LogP contribution in [0, 0.1) is 11.6 Å². The first kappa shape index (κ1) is 12.3. The maximum Gasteiger partial charge on any atom is 0.159 e. The number of aliphatic hydroxyl groups is 1. The minimum atomic E-state index is -0.895. The Hall–Kier alpha value is -1.74. The first-order valence-corrected chi connectivity index (χ1v) is 6.29. The van der Waals surface area contributed by atoms with E-state index in [2.05, 4.69) is 0 Å². The second-order valence-corrected chi connectivity index (χ2v) is 5.27. The van der Waals surface area contributed by atoms with E-state index in [1.165, 1.54) is 6.07 Å². The largest absolute Gasteiger partial charge is 0.389 e. The van der Waals surface area contributed by atoms with E-state index >= 15 is 0 Å². The Morgan fingerprint density at radius 2 is 1.58 bits per heavy atom. The number of fused-ring (bicyclic) bond motifs is 1. The Balaban J connectivity index is 1.83. The summed E-state index contributed by atoms with van der Waals surface area (Å²) in [6, 6.07) is 11.7. The molecule has 0 atom stereocenters. The molecule has 2 aromatic carbocycles. The molecule has 19 heavy (non-hydrogen) atoms. The SMILES string of the molecule is OC1(Cc2ccc(F)c(F)c2)Cc2ccccc2C1. The number of rotatable bonds is 2. The third-order valence-electron chi connectivity index (χ3n) is 3.67. The first-order valence-electron chi connectivity index (χ1n) is 6.29. The molecule has 98 valence electrons. The lowest BCUT2D eigenvalue weighted by Crippen LogP contribution is -2.32. The van der Waals surface area contributed by atoms with Gasteiger partial charge in [0.2, 0.25) is 0 Å². The molecule has 2 aromatic rings. The molecule has 0 aromatic heterocycles. The van der Waals surface area contributed by atoms with Gasteiger partial charge in [0.05, 0.1) is 5.60 Å². The number of halogens is 2. The molecular formula is C16H14F2O. The van der Waals surface area contributed by atoms with Crippen LogP contribution < -0.4 is 0 Å². The molecule has 0 fully saturated rings. The molecule has 0 saturated carbocycles. The smallest absolute Gasteiger partial charge is 0.159 e. The molecule has 0 saturated heterocycles. The zero-order valence-electron chi connectivity index (χ0n) is 10.4. The summed E-state index contributed by atoms with van der Waals surface area (Å²) >= 11 is 0. The van der Waals surface area contributed by atoms with Gasteiger partial charge in [0.25, 0.3) is 0 Å². The summed E-state index contributed by atoms with van der Waals surface area (Å²) in [6.07, 6.45) is 1.45. The van der Waals surface area contributed by atoms with Crippen LogP contribution >= 0.6 is 0 Å². The van der Waals surface area contributed by atoms with Gasteiger partial charge in [0.1, 0.15) is 0 Å². The van der Waals surface area contributed by atoms with Crippen LogP contribution in [0.15, 0.2) is 42.5 Å². The van der Waals surface area contributed by atoms with Gasteiger partial charge in [-0.3, -0.25) is 0 Å². The van der Waals surface area contributed by atoms with E-state index in [1.807, 2.05) is 24.3 Å². The quantitative estimate of drug-likeness (QED) is 0.880. The van der Waals surface area contributed by atoms with Crippen molar-refractivity contribution >= 4 is 0 Å². The number of benzene rings is 2. The zero-order chi connectivity index (χ0) is 13.5. The van der Waals surface area contributed by atoms with E-state index in [4.69, 9.17) is 0 Å². The summed E-state index contributed by atoms with van der Waals surface area (Å²) in [4.78, 5) is 0. The van der Waals surface area contributed by atoms with Crippen molar-refractivity contribution in [3.63, 3.8) is 0 Å². The van der Waals surface area contributed by atoms with E-state index < -0.39 is 17.2 Å². The summed E-state index contributed by atoms with van der Waals surface area (Å²) in [6.45, 7) is 0. The Morgan fingerprint density at radius 3 is 2.16 bits per heavy atom.